The number of nitrogens with two attached hydrogens (primary N) is 1. The lowest BCUT2D eigenvalue weighted by Crippen LogP contribution is -2.29. The quantitative estimate of drug-likeness (QED) is 0.616. The number of ether oxygens (including phenoxy) is 3. The molecule has 0 amide bonds. The summed E-state index contributed by atoms with van der Waals surface area (Å²) in [6.07, 6.45) is 2.14. The molecule has 0 aliphatic carbocycles. The van der Waals surface area contributed by atoms with Gasteiger partial charge >= 0.3 is 11.8 Å². The minimum Gasteiger partial charge on any atom is -0.434 e. The molecule has 8 nitrogen and oxygen atoms in total. The number of rotatable bonds is 6. The number of unbranched alkanes of at least 4 members (excludes halogenated alkanes) is 1. The first-order chi connectivity index (χ1) is 10.6. The highest BCUT2D eigenvalue weighted by molar-refractivity contribution is 8.00. The van der Waals surface area contributed by atoms with E-state index in [0.717, 1.165) is 12.8 Å². The van der Waals surface area contributed by atoms with Crippen molar-refractivity contribution < 1.29 is 19.0 Å². The van der Waals surface area contributed by atoms with Gasteiger partial charge in [0.1, 0.15) is 24.1 Å². The Balaban J connectivity index is 1.78. The van der Waals surface area contributed by atoms with Crippen LogP contribution in [-0.2, 0) is 14.2 Å². The maximum atomic E-state index is 11.7. The van der Waals surface area contributed by atoms with E-state index in [-0.39, 0.29) is 17.9 Å². The Hall–Kier alpha value is -1.74. The number of carbonyl (C=O) groups excluding carboxylic acids is 1. The maximum Gasteiger partial charge on any atom is 0.508 e. The van der Waals surface area contributed by atoms with Crippen LogP contribution in [-0.4, -0.2) is 40.1 Å². The number of carbonyl (C=O) groups is 1. The normalized spacial score (nSPS) is 20.8. The Bertz CT molecular complexity index is 565. The van der Waals surface area contributed by atoms with E-state index in [1.54, 1.807) is 0 Å². The molecular formula is C13H19N3O5S. The second kappa shape index (κ2) is 8.04. The molecule has 122 valence electrons. The molecule has 2 heterocycles. The SMILES string of the molecule is CCCCOC(=O)OC[C@H]1O[C@@H](n2ccc(N)nc2=O)CS1. The zero-order valence-electron chi connectivity index (χ0n) is 12.3. The average molecular weight is 329 g/mol. The van der Waals surface area contributed by atoms with Gasteiger partial charge in [-0.1, -0.05) is 13.3 Å². The molecule has 0 saturated carbocycles. The van der Waals surface area contributed by atoms with E-state index in [9.17, 15) is 9.59 Å². The Morgan fingerprint density at radius 3 is 3.14 bits per heavy atom. The molecule has 0 bridgehead atoms. The van der Waals surface area contributed by atoms with E-state index in [1.165, 1.54) is 28.6 Å². The van der Waals surface area contributed by atoms with Crippen LogP contribution in [0.25, 0.3) is 0 Å². The number of hydrogen-bond acceptors (Lipinski definition) is 8. The molecule has 0 radical (unpaired) electrons. The molecule has 2 N–H and O–H groups in total. The summed E-state index contributed by atoms with van der Waals surface area (Å²) >= 11 is 1.45. The first kappa shape index (κ1) is 16.6. The van der Waals surface area contributed by atoms with E-state index in [4.69, 9.17) is 19.9 Å². The fourth-order valence-corrected chi connectivity index (χ4v) is 2.79. The van der Waals surface area contributed by atoms with Crippen molar-refractivity contribution in [3.63, 3.8) is 0 Å². The second-order valence-corrected chi connectivity index (χ2v) is 5.85. The van der Waals surface area contributed by atoms with Crippen LogP contribution in [0, 0.1) is 0 Å². The molecule has 1 fully saturated rings. The molecule has 1 aromatic heterocycles. The topological polar surface area (TPSA) is 106 Å². The van der Waals surface area contributed by atoms with Crippen molar-refractivity contribution in [1.29, 1.82) is 0 Å². The maximum absolute atomic E-state index is 11.7. The van der Waals surface area contributed by atoms with Gasteiger partial charge in [-0.15, -0.1) is 11.8 Å². The number of thioether (sulfide) groups is 1. The number of hydrogen-bond donors (Lipinski definition) is 1. The van der Waals surface area contributed by atoms with Crippen LogP contribution in [0.1, 0.15) is 26.0 Å². The molecule has 9 heteroatoms. The zero-order valence-corrected chi connectivity index (χ0v) is 13.1. The second-order valence-electron chi connectivity index (χ2n) is 4.66. The van der Waals surface area contributed by atoms with Gasteiger partial charge < -0.3 is 19.9 Å². The summed E-state index contributed by atoms with van der Waals surface area (Å²) in [5, 5.41) is 0. The Labute approximate surface area is 131 Å². The van der Waals surface area contributed by atoms with Gasteiger partial charge in [0.05, 0.1) is 6.61 Å². The molecule has 2 rings (SSSR count). The summed E-state index contributed by atoms with van der Waals surface area (Å²) < 4.78 is 16.9. The van der Waals surface area contributed by atoms with Crippen molar-refractivity contribution in [2.45, 2.75) is 31.4 Å². The fourth-order valence-electron chi connectivity index (χ4n) is 1.80. The summed E-state index contributed by atoms with van der Waals surface area (Å²) in [5.74, 6) is 0.728. The molecule has 1 saturated heterocycles. The number of nitrogen functional groups attached to an aromatic ring is 1. The molecule has 1 aliphatic rings. The predicted octanol–water partition coefficient (Wildman–Crippen LogP) is 1.37. The van der Waals surface area contributed by atoms with E-state index in [2.05, 4.69) is 4.98 Å². The first-order valence-electron chi connectivity index (χ1n) is 7.01. The Morgan fingerprint density at radius 1 is 1.59 bits per heavy atom. The van der Waals surface area contributed by atoms with Gasteiger partial charge in [0.2, 0.25) is 0 Å². The molecule has 0 unspecified atom stereocenters. The third-order valence-corrected chi connectivity index (χ3v) is 4.05. The van der Waals surface area contributed by atoms with Crippen molar-refractivity contribution in [3.05, 3.63) is 22.7 Å². The summed E-state index contributed by atoms with van der Waals surface area (Å²) in [6.45, 7) is 2.43. The third kappa shape index (κ3) is 4.63. The highest BCUT2D eigenvalue weighted by Crippen LogP contribution is 2.31. The van der Waals surface area contributed by atoms with E-state index < -0.39 is 18.1 Å². The van der Waals surface area contributed by atoms with E-state index >= 15 is 0 Å². The van der Waals surface area contributed by atoms with Gasteiger partial charge in [0.25, 0.3) is 0 Å². The lowest BCUT2D eigenvalue weighted by molar-refractivity contribution is -0.0238. The van der Waals surface area contributed by atoms with Crippen LogP contribution >= 0.6 is 11.8 Å². The van der Waals surface area contributed by atoms with Crippen molar-refractivity contribution in [2.75, 3.05) is 24.7 Å². The van der Waals surface area contributed by atoms with Crippen molar-refractivity contribution in [2.24, 2.45) is 0 Å². The monoisotopic (exact) mass is 329 g/mol. The fraction of sp³-hybridized carbons (Fsp3) is 0.615. The number of anilines is 1. The molecule has 0 aromatic carbocycles. The summed E-state index contributed by atoms with van der Waals surface area (Å²) in [4.78, 5) is 26.7. The summed E-state index contributed by atoms with van der Waals surface area (Å²) in [5.41, 5.74) is 4.64. The van der Waals surface area contributed by atoms with E-state index in [1.807, 2.05) is 6.92 Å². The molecule has 0 spiro atoms. The molecule has 22 heavy (non-hydrogen) atoms. The average Bonchev–Trinajstić information content (AvgIpc) is 2.94. The summed E-state index contributed by atoms with van der Waals surface area (Å²) in [6, 6.07) is 1.53. The van der Waals surface area contributed by atoms with Gasteiger partial charge in [-0.25, -0.2) is 9.59 Å². The van der Waals surface area contributed by atoms with Gasteiger partial charge in [-0.3, -0.25) is 4.57 Å². The molecular weight excluding hydrogens is 310 g/mol. The minimum atomic E-state index is -0.701. The lowest BCUT2D eigenvalue weighted by atomic mass is 10.4. The summed E-state index contributed by atoms with van der Waals surface area (Å²) in [7, 11) is 0. The van der Waals surface area contributed by atoms with Crippen molar-refractivity contribution in [1.82, 2.24) is 9.55 Å². The number of aromatic nitrogens is 2. The predicted molar refractivity (Wildman–Crippen MR) is 81.5 cm³/mol. The van der Waals surface area contributed by atoms with Crippen LogP contribution < -0.4 is 11.4 Å². The van der Waals surface area contributed by atoms with Crippen LogP contribution in [0.4, 0.5) is 10.6 Å². The Morgan fingerprint density at radius 2 is 2.41 bits per heavy atom. The highest BCUT2D eigenvalue weighted by atomic mass is 32.2. The van der Waals surface area contributed by atoms with Crippen LogP contribution in [0.2, 0.25) is 0 Å². The van der Waals surface area contributed by atoms with Gasteiger partial charge in [-0.05, 0) is 12.5 Å². The standard InChI is InChI=1S/C13H19N3O5S/c1-2-3-6-19-13(18)20-7-11-21-10(8-22-11)16-5-4-9(14)15-12(16)17/h4-5,10-11H,2-3,6-8H2,1H3,(H2,14,15,17)/t10-,11+/m1/s1. The molecule has 1 aliphatic heterocycles. The van der Waals surface area contributed by atoms with Gasteiger partial charge in [0, 0.05) is 11.9 Å². The smallest absolute Gasteiger partial charge is 0.434 e. The van der Waals surface area contributed by atoms with E-state index in [0.29, 0.717) is 12.4 Å². The molecule has 2 atom stereocenters. The lowest BCUT2D eigenvalue weighted by Gasteiger charge is -2.14. The third-order valence-electron chi connectivity index (χ3n) is 2.95. The first-order valence-corrected chi connectivity index (χ1v) is 8.06. The van der Waals surface area contributed by atoms with Crippen molar-refractivity contribution >= 4 is 23.7 Å². The minimum absolute atomic E-state index is 0.0727. The van der Waals surface area contributed by atoms with Crippen LogP contribution in [0.3, 0.4) is 0 Å². The molecule has 1 aromatic rings. The van der Waals surface area contributed by atoms with Gasteiger partial charge in [-0.2, -0.15) is 4.98 Å². The zero-order chi connectivity index (χ0) is 15.9. The Kier molecular flexibility index (Phi) is 6.08. The van der Waals surface area contributed by atoms with Gasteiger partial charge in [0.15, 0.2) is 0 Å². The largest absolute Gasteiger partial charge is 0.508 e. The number of nitrogens with zero attached hydrogens (tertiary/aromatic N) is 2. The van der Waals surface area contributed by atoms with Crippen LogP contribution in [0.5, 0.6) is 0 Å². The van der Waals surface area contributed by atoms with Crippen molar-refractivity contribution in [3.8, 4) is 0 Å². The highest BCUT2D eigenvalue weighted by Gasteiger charge is 2.29. The van der Waals surface area contributed by atoms with Crippen LogP contribution in [0.15, 0.2) is 17.1 Å².